The highest BCUT2D eigenvalue weighted by atomic mass is 16.1. The highest BCUT2D eigenvalue weighted by molar-refractivity contribution is 5.96. The van der Waals surface area contributed by atoms with Gasteiger partial charge in [-0.05, 0) is 38.0 Å². The Bertz CT molecular complexity index is 418. The molecule has 0 heterocycles. The number of nitrogen functional groups attached to an aromatic ring is 1. The molecule has 1 atom stereocenters. The lowest BCUT2D eigenvalue weighted by Crippen LogP contribution is -2.23. The summed E-state index contributed by atoms with van der Waals surface area (Å²) in [4.78, 5) is 11.8. The lowest BCUT2D eigenvalue weighted by Gasteiger charge is -2.19. The van der Waals surface area contributed by atoms with E-state index < -0.39 is 0 Å². The normalized spacial score (nSPS) is 11.9. The molecular formula is C15H25N3O. The van der Waals surface area contributed by atoms with E-state index in [0.29, 0.717) is 23.8 Å². The summed E-state index contributed by atoms with van der Waals surface area (Å²) < 4.78 is 0. The smallest absolute Gasteiger partial charge is 0.251 e. The standard InChI is InChI=1S/C15H25N3O/c1-4-7-12(5-2)18-14-10-11(8-9-13(14)16)15(19)17-6-3/h8-10,12,18H,4-7,16H2,1-3H3,(H,17,19). The summed E-state index contributed by atoms with van der Waals surface area (Å²) in [5, 5.41) is 6.22. The van der Waals surface area contributed by atoms with Crippen LogP contribution >= 0.6 is 0 Å². The van der Waals surface area contributed by atoms with Gasteiger partial charge in [0.2, 0.25) is 0 Å². The minimum atomic E-state index is -0.0610. The first-order chi connectivity index (χ1) is 9.12. The predicted molar refractivity (Wildman–Crippen MR) is 81.5 cm³/mol. The zero-order valence-corrected chi connectivity index (χ0v) is 12.1. The maximum Gasteiger partial charge on any atom is 0.251 e. The highest BCUT2D eigenvalue weighted by Crippen LogP contribution is 2.22. The number of nitrogens with one attached hydrogen (secondary N) is 2. The largest absolute Gasteiger partial charge is 0.397 e. The van der Waals surface area contributed by atoms with E-state index in [1.54, 1.807) is 12.1 Å². The van der Waals surface area contributed by atoms with E-state index >= 15 is 0 Å². The molecule has 4 nitrogen and oxygen atoms in total. The van der Waals surface area contributed by atoms with Crippen LogP contribution < -0.4 is 16.4 Å². The number of benzene rings is 1. The molecule has 0 saturated heterocycles. The predicted octanol–water partition coefficient (Wildman–Crippen LogP) is 3.01. The molecule has 4 heteroatoms. The van der Waals surface area contributed by atoms with Gasteiger partial charge in [-0.25, -0.2) is 0 Å². The van der Waals surface area contributed by atoms with Gasteiger partial charge in [-0.2, -0.15) is 0 Å². The fourth-order valence-electron chi connectivity index (χ4n) is 2.03. The van der Waals surface area contributed by atoms with Crippen molar-refractivity contribution in [1.29, 1.82) is 0 Å². The van der Waals surface area contributed by atoms with Gasteiger partial charge in [0, 0.05) is 18.2 Å². The Morgan fingerprint density at radius 3 is 2.63 bits per heavy atom. The lowest BCUT2D eigenvalue weighted by atomic mass is 10.1. The summed E-state index contributed by atoms with van der Waals surface area (Å²) in [5.41, 5.74) is 8.15. The molecule has 106 valence electrons. The molecule has 1 amide bonds. The Morgan fingerprint density at radius 2 is 2.05 bits per heavy atom. The van der Waals surface area contributed by atoms with Gasteiger partial charge in [-0.15, -0.1) is 0 Å². The van der Waals surface area contributed by atoms with Crippen LogP contribution in [0.5, 0.6) is 0 Å². The summed E-state index contributed by atoms with van der Waals surface area (Å²) >= 11 is 0. The van der Waals surface area contributed by atoms with Crippen LogP contribution in [0.2, 0.25) is 0 Å². The minimum Gasteiger partial charge on any atom is -0.397 e. The van der Waals surface area contributed by atoms with E-state index in [-0.39, 0.29) is 5.91 Å². The van der Waals surface area contributed by atoms with Gasteiger partial charge >= 0.3 is 0 Å². The summed E-state index contributed by atoms with van der Waals surface area (Å²) in [6.45, 7) is 6.85. The number of rotatable bonds is 7. The molecule has 0 aromatic heterocycles. The van der Waals surface area contributed by atoms with Crippen molar-refractivity contribution >= 4 is 17.3 Å². The summed E-state index contributed by atoms with van der Waals surface area (Å²) in [6.07, 6.45) is 3.27. The van der Waals surface area contributed by atoms with Crippen LogP contribution in [0.15, 0.2) is 18.2 Å². The van der Waals surface area contributed by atoms with Gasteiger partial charge in [0.05, 0.1) is 11.4 Å². The summed E-state index contributed by atoms with van der Waals surface area (Å²) in [7, 11) is 0. The van der Waals surface area contributed by atoms with Crippen molar-refractivity contribution in [3.8, 4) is 0 Å². The molecule has 1 aromatic carbocycles. The van der Waals surface area contributed by atoms with Crippen molar-refractivity contribution in [3.05, 3.63) is 23.8 Å². The molecule has 0 saturated carbocycles. The molecule has 4 N–H and O–H groups in total. The lowest BCUT2D eigenvalue weighted by molar-refractivity contribution is 0.0956. The van der Waals surface area contributed by atoms with Gasteiger partial charge in [0.25, 0.3) is 5.91 Å². The molecule has 1 rings (SSSR count). The molecule has 0 aliphatic rings. The fourth-order valence-corrected chi connectivity index (χ4v) is 2.03. The Balaban J connectivity index is 2.87. The second-order valence-electron chi connectivity index (χ2n) is 4.70. The van der Waals surface area contributed by atoms with Crippen LogP contribution in [0.4, 0.5) is 11.4 Å². The average Bonchev–Trinajstić information content (AvgIpc) is 2.40. The molecule has 1 unspecified atom stereocenters. The SMILES string of the molecule is CCCC(CC)Nc1cc(C(=O)NCC)ccc1N. The van der Waals surface area contributed by atoms with Crippen LogP contribution in [0, 0.1) is 0 Å². The van der Waals surface area contributed by atoms with Crippen molar-refractivity contribution in [2.75, 3.05) is 17.6 Å². The number of carbonyl (C=O) groups excluding carboxylic acids is 1. The van der Waals surface area contributed by atoms with Crippen LogP contribution in [0.1, 0.15) is 50.4 Å². The fraction of sp³-hybridized carbons (Fsp3) is 0.533. The van der Waals surface area contributed by atoms with Gasteiger partial charge in [0.15, 0.2) is 0 Å². The van der Waals surface area contributed by atoms with Gasteiger partial charge in [-0.1, -0.05) is 20.3 Å². The maximum absolute atomic E-state index is 11.8. The maximum atomic E-state index is 11.8. The molecule has 0 bridgehead atoms. The van der Waals surface area contributed by atoms with Crippen LogP contribution in [-0.4, -0.2) is 18.5 Å². The quantitative estimate of drug-likeness (QED) is 0.662. The van der Waals surface area contributed by atoms with E-state index in [1.165, 1.54) is 0 Å². The van der Waals surface area contributed by atoms with E-state index in [9.17, 15) is 4.79 Å². The van der Waals surface area contributed by atoms with Crippen molar-refractivity contribution in [1.82, 2.24) is 5.32 Å². The summed E-state index contributed by atoms with van der Waals surface area (Å²) in [5.74, 6) is -0.0610. The monoisotopic (exact) mass is 263 g/mol. The molecular weight excluding hydrogens is 238 g/mol. The van der Waals surface area contributed by atoms with Crippen molar-refractivity contribution in [2.45, 2.75) is 46.1 Å². The molecule has 19 heavy (non-hydrogen) atoms. The summed E-state index contributed by atoms with van der Waals surface area (Å²) in [6, 6.07) is 5.77. The molecule has 0 fully saturated rings. The third kappa shape index (κ3) is 4.47. The average molecular weight is 263 g/mol. The molecule has 0 aliphatic carbocycles. The first-order valence-corrected chi connectivity index (χ1v) is 7.06. The van der Waals surface area contributed by atoms with E-state index in [1.807, 2.05) is 13.0 Å². The highest BCUT2D eigenvalue weighted by Gasteiger charge is 2.10. The second-order valence-corrected chi connectivity index (χ2v) is 4.70. The van der Waals surface area contributed by atoms with Crippen molar-refractivity contribution in [2.24, 2.45) is 0 Å². The van der Waals surface area contributed by atoms with E-state index in [2.05, 4.69) is 24.5 Å². The number of amides is 1. The third-order valence-electron chi connectivity index (χ3n) is 3.14. The van der Waals surface area contributed by atoms with E-state index in [4.69, 9.17) is 5.73 Å². The zero-order chi connectivity index (χ0) is 14.3. The Kier molecular flexibility index (Phi) is 6.19. The Morgan fingerprint density at radius 1 is 1.32 bits per heavy atom. The number of carbonyl (C=O) groups is 1. The van der Waals surface area contributed by atoms with Gasteiger partial charge < -0.3 is 16.4 Å². The van der Waals surface area contributed by atoms with Crippen molar-refractivity contribution < 1.29 is 4.79 Å². The van der Waals surface area contributed by atoms with Crippen LogP contribution in [-0.2, 0) is 0 Å². The Labute approximate surface area is 115 Å². The third-order valence-corrected chi connectivity index (χ3v) is 3.14. The van der Waals surface area contributed by atoms with Crippen molar-refractivity contribution in [3.63, 3.8) is 0 Å². The van der Waals surface area contributed by atoms with Crippen LogP contribution in [0.3, 0.4) is 0 Å². The first kappa shape index (κ1) is 15.3. The number of anilines is 2. The second kappa shape index (κ2) is 7.67. The van der Waals surface area contributed by atoms with Gasteiger partial charge in [0.1, 0.15) is 0 Å². The number of nitrogens with two attached hydrogens (primary N) is 1. The molecule has 0 spiro atoms. The first-order valence-electron chi connectivity index (χ1n) is 7.06. The zero-order valence-electron chi connectivity index (χ0n) is 12.1. The number of hydrogen-bond donors (Lipinski definition) is 3. The topological polar surface area (TPSA) is 67.2 Å². The minimum absolute atomic E-state index is 0.0610. The van der Waals surface area contributed by atoms with Crippen LogP contribution in [0.25, 0.3) is 0 Å². The number of hydrogen-bond acceptors (Lipinski definition) is 3. The molecule has 0 aliphatic heterocycles. The van der Waals surface area contributed by atoms with Gasteiger partial charge in [-0.3, -0.25) is 4.79 Å². The Hall–Kier alpha value is -1.71. The van der Waals surface area contributed by atoms with E-state index in [0.717, 1.165) is 24.9 Å². The molecule has 1 aromatic rings. The molecule has 0 radical (unpaired) electrons.